The van der Waals surface area contributed by atoms with E-state index in [4.69, 9.17) is 23.7 Å². The zero-order chi connectivity index (χ0) is 26.6. The Morgan fingerprint density at radius 1 is 0.686 bits per heavy atom. The molecule has 0 amide bonds. The standard InChI is InChI=1S/C18H26O15S.Na/c1-9(19)29-8-14(30-10(2)20)15(31-11(3)21)16(32-12(4)22)17(33-13(5)23)18(24)28-6-7-34(25,26)27;/h14-17H,6-8H2,1-5H3,(H,25,26,27);/q;+1/p-1/t14-,15-,16+,17-;/m1./s1. The van der Waals surface area contributed by atoms with Crippen LogP contribution in [0.25, 0.3) is 0 Å². The fraction of sp³-hybridized carbons (Fsp3) is 0.667. The van der Waals surface area contributed by atoms with Crippen LogP contribution in [-0.4, -0.2) is 92.2 Å². The summed E-state index contributed by atoms with van der Waals surface area (Å²) in [6.07, 6.45) is -7.76. The normalized spacial score (nSPS) is 14.0. The Labute approximate surface area is 223 Å². The van der Waals surface area contributed by atoms with E-state index < -0.39 is 89.3 Å². The summed E-state index contributed by atoms with van der Waals surface area (Å²) < 4.78 is 61.5. The van der Waals surface area contributed by atoms with Crippen LogP contribution in [-0.2, 0) is 67.3 Å². The first-order chi connectivity index (χ1) is 15.5. The fourth-order valence-corrected chi connectivity index (χ4v) is 2.69. The number of rotatable bonds is 13. The van der Waals surface area contributed by atoms with Crippen molar-refractivity contribution in [1.29, 1.82) is 0 Å². The van der Waals surface area contributed by atoms with Gasteiger partial charge >= 0.3 is 65.4 Å². The van der Waals surface area contributed by atoms with Crippen LogP contribution < -0.4 is 29.6 Å². The number of esters is 6. The zero-order valence-corrected chi connectivity index (χ0v) is 22.8. The van der Waals surface area contributed by atoms with Crippen molar-refractivity contribution in [1.82, 2.24) is 0 Å². The molecular weight excluding hydrogens is 511 g/mol. The molecule has 0 saturated carbocycles. The molecule has 0 aliphatic carbocycles. The van der Waals surface area contributed by atoms with Crippen LogP contribution in [0.2, 0.25) is 0 Å². The van der Waals surface area contributed by atoms with E-state index in [0.29, 0.717) is 0 Å². The maximum Gasteiger partial charge on any atom is 1.00 e. The van der Waals surface area contributed by atoms with Crippen LogP contribution in [0.3, 0.4) is 0 Å². The molecule has 0 aliphatic rings. The Balaban J connectivity index is 0. The molecule has 15 nitrogen and oxygen atoms in total. The van der Waals surface area contributed by atoms with Gasteiger partial charge in [-0.3, -0.25) is 24.0 Å². The minimum atomic E-state index is -4.78. The van der Waals surface area contributed by atoms with Crippen molar-refractivity contribution in [2.75, 3.05) is 19.0 Å². The molecule has 0 aromatic rings. The molecule has 0 saturated heterocycles. The summed E-state index contributed by atoms with van der Waals surface area (Å²) in [5.41, 5.74) is 0. The van der Waals surface area contributed by atoms with E-state index in [-0.39, 0.29) is 29.6 Å². The second-order valence-corrected chi connectivity index (χ2v) is 8.08. The topological polar surface area (TPSA) is 215 Å². The molecule has 35 heavy (non-hydrogen) atoms. The van der Waals surface area contributed by atoms with E-state index >= 15 is 0 Å². The Hall–Kier alpha value is -2.27. The first-order valence-electron chi connectivity index (χ1n) is 9.46. The van der Waals surface area contributed by atoms with E-state index in [9.17, 15) is 41.7 Å². The first-order valence-corrected chi connectivity index (χ1v) is 11.0. The molecule has 0 rings (SSSR count). The van der Waals surface area contributed by atoms with Gasteiger partial charge in [-0.2, -0.15) is 0 Å². The van der Waals surface area contributed by atoms with Crippen molar-refractivity contribution in [2.45, 2.75) is 59.0 Å². The predicted molar refractivity (Wildman–Crippen MR) is 104 cm³/mol. The van der Waals surface area contributed by atoms with Crippen molar-refractivity contribution in [3.05, 3.63) is 0 Å². The van der Waals surface area contributed by atoms with E-state index in [1.165, 1.54) is 0 Å². The molecule has 0 spiro atoms. The second-order valence-electron chi connectivity index (χ2n) is 6.56. The van der Waals surface area contributed by atoms with Gasteiger partial charge in [0, 0.05) is 34.6 Å². The van der Waals surface area contributed by atoms with Gasteiger partial charge in [-0.1, -0.05) is 0 Å². The molecule has 0 fully saturated rings. The van der Waals surface area contributed by atoms with Crippen molar-refractivity contribution in [3.8, 4) is 0 Å². The third-order valence-corrected chi connectivity index (χ3v) is 4.13. The van der Waals surface area contributed by atoms with E-state index in [1.54, 1.807) is 0 Å². The van der Waals surface area contributed by atoms with E-state index in [2.05, 4.69) is 4.74 Å². The fourth-order valence-electron chi connectivity index (χ4n) is 2.40. The summed E-state index contributed by atoms with van der Waals surface area (Å²) in [7, 11) is -4.78. The Morgan fingerprint density at radius 3 is 1.54 bits per heavy atom. The van der Waals surface area contributed by atoms with Crippen LogP contribution in [0, 0.1) is 0 Å². The van der Waals surface area contributed by atoms with E-state index in [0.717, 1.165) is 34.6 Å². The summed E-state index contributed by atoms with van der Waals surface area (Å²) in [5.74, 6) is -7.63. The van der Waals surface area contributed by atoms with Crippen LogP contribution in [0.1, 0.15) is 34.6 Å². The van der Waals surface area contributed by atoms with Gasteiger partial charge < -0.3 is 33.0 Å². The quantitative estimate of drug-likeness (QED) is 0.0936. The monoisotopic (exact) mass is 536 g/mol. The Morgan fingerprint density at radius 2 is 1.14 bits per heavy atom. The number of hydrogen-bond acceptors (Lipinski definition) is 15. The van der Waals surface area contributed by atoms with Gasteiger partial charge in [0.15, 0.2) is 18.3 Å². The molecule has 0 bridgehead atoms. The average molecular weight is 536 g/mol. The minimum absolute atomic E-state index is 0. The largest absolute Gasteiger partial charge is 1.00 e. The van der Waals surface area contributed by atoms with Gasteiger partial charge in [0.25, 0.3) is 0 Å². The van der Waals surface area contributed by atoms with Crippen molar-refractivity contribution in [2.24, 2.45) is 0 Å². The predicted octanol–water partition coefficient (Wildman–Crippen LogP) is -4.63. The van der Waals surface area contributed by atoms with Crippen molar-refractivity contribution < 1.29 is 99.7 Å². The van der Waals surface area contributed by atoms with Gasteiger partial charge in [-0.25, -0.2) is 13.2 Å². The van der Waals surface area contributed by atoms with Crippen LogP contribution in [0.15, 0.2) is 0 Å². The SMILES string of the molecule is CC(=O)OC[C@@H](OC(C)=O)[C@@H](OC(C)=O)[C@H](OC(C)=O)[C@@H](OC(C)=O)C(=O)OCCS(=O)(=O)[O-].[Na+]. The van der Waals surface area contributed by atoms with Gasteiger partial charge in [-0.05, 0) is 0 Å². The van der Waals surface area contributed by atoms with Gasteiger partial charge in [0.2, 0.25) is 6.10 Å². The number of carbonyl (C=O) groups excluding carboxylic acids is 6. The molecule has 0 N–H and O–H groups in total. The summed E-state index contributed by atoms with van der Waals surface area (Å²) in [6, 6.07) is 0. The minimum Gasteiger partial charge on any atom is -0.748 e. The molecule has 0 heterocycles. The summed E-state index contributed by atoms with van der Waals surface area (Å²) >= 11 is 0. The molecule has 0 aliphatic heterocycles. The molecule has 0 aromatic heterocycles. The van der Waals surface area contributed by atoms with Gasteiger partial charge in [0.05, 0.1) is 15.9 Å². The van der Waals surface area contributed by atoms with E-state index in [1.807, 2.05) is 0 Å². The third-order valence-electron chi connectivity index (χ3n) is 3.46. The number of hydrogen-bond donors (Lipinski definition) is 0. The summed E-state index contributed by atoms with van der Waals surface area (Å²) in [6.45, 7) is 2.93. The summed E-state index contributed by atoms with van der Waals surface area (Å²) in [4.78, 5) is 70.5. The number of carbonyl (C=O) groups is 6. The molecule has 4 atom stereocenters. The molecule has 17 heteroatoms. The Kier molecular flexibility index (Phi) is 16.4. The molecule has 0 unspecified atom stereocenters. The van der Waals surface area contributed by atoms with Gasteiger partial charge in [0.1, 0.15) is 13.2 Å². The summed E-state index contributed by atoms with van der Waals surface area (Å²) in [5, 5.41) is 0. The van der Waals surface area contributed by atoms with Crippen molar-refractivity contribution in [3.63, 3.8) is 0 Å². The van der Waals surface area contributed by atoms with Crippen LogP contribution >= 0.6 is 0 Å². The van der Waals surface area contributed by atoms with Crippen LogP contribution in [0.4, 0.5) is 0 Å². The zero-order valence-electron chi connectivity index (χ0n) is 20.0. The average Bonchev–Trinajstić information content (AvgIpc) is 2.64. The van der Waals surface area contributed by atoms with Crippen LogP contribution in [0.5, 0.6) is 0 Å². The molecule has 0 radical (unpaired) electrons. The molecule has 0 aromatic carbocycles. The second kappa shape index (κ2) is 16.4. The maximum absolute atomic E-state index is 12.6. The van der Waals surface area contributed by atoms with Crippen molar-refractivity contribution >= 4 is 45.9 Å². The maximum atomic E-state index is 12.6. The third kappa shape index (κ3) is 16.1. The Bertz CT molecular complexity index is 884. The number of ether oxygens (including phenoxy) is 6. The first kappa shape index (κ1) is 34.9. The molecule has 194 valence electrons. The smallest absolute Gasteiger partial charge is 0.748 e. The molecular formula is C18H25NaO15S. The van der Waals surface area contributed by atoms with Gasteiger partial charge in [-0.15, -0.1) is 0 Å².